The molecule has 0 saturated carbocycles. The van der Waals surface area contributed by atoms with Crippen LogP contribution in [0.1, 0.15) is 10.6 Å². The van der Waals surface area contributed by atoms with Gasteiger partial charge in [-0.15, -0.1) is 0 Å². The highest BCUT2D eigenvalue weighted by Gasteiger charge is 2.19. The quantitative estimate of drug-likeness (QED) is 0.356. The van der Waals surface area contributed by atoms with Crippen LogP contribution in [0.5, 0.6) is 0 Å². The number of benzene rings is 1. The molecule has 0 fully saturated rings. The Kier molecular flexibility index (Phi) is 5.31. The first kappa shape index (κ1) is 19.1. The van der Waals surface area contributed by atoms with Gasteiger partial charge < -0.3 is 13.7 Å². The molecule has 0 aliphatic rings. The fourth-order valence-electron chi connectivity index (χ4n) is 2.21. The number of carbonyl (C=O) groups excluding carboxylic acids is 2. The Morgan fingerprint density at radius 2 is 2.07 bits per heavy atom. The number of fused-ring (bicyclic) bond motifs is 1. The molecule has 0 atom stereocenters. The minimum atomic E-state index is -0.851. The van der Waals surface area contributed by atoms with E-state index in [9.17, 15) is 19.7 Å². The number of nitro groups is 1. The van der Waals surface area contributed by atoms with Crippen molar-refractivity contribution in [2.24, 2.45) is 4.99 Å². The Bertz CT molecular complexity index is 1150. The van der Waals surface area contributed by atoms with Crippen LogP contribution >= 0.6 is 34.5 Å². The van der Waals surface area contributed by atoms with Crippen molar-refractivity contribution in [3.63, 3.8) is 0 Å². The van der Waals surface area contributed by atoms with E-state index in [4.69, 9.17) is 27.6 Å². The zero-order valence-electron chi connectivity index (χ0n) is 13.5. The highest BCUT2D eigenvalue weighted by atomic mass is 35.5. The van der Waals surface area contributed by atoms with Gasteiger partial charge in [-0.05, 0) is 18.2 Å². The van der Waals surface area contributed by atoms with E-state index in [1.54, 1.807) is 12.1 Å². The number of amides is 1. The second-order valence-electron chi connectivity index (χ2n) is 5.07. The third-order valence-electron chi connectivity index (χ3n) is 3.43. The summed E-state index contributed by atoms with van der Waals surface area (Å²) in [7, 11) is 1.22. The summed E-state index contributed by atoms with van der Waals surface area (Å²) < 4.78 is 11.5. The van der Waals surface area contributed by atoms with Gasteiger partial charge in [-0.3, -0.25) is 19.7 Å². The predicted molar refractivity (Wildman–Crippen MR) is 97.1 cm³/mol. The highest BCUT2D eigenvalue weighted by Crippen LogP contribution is 2.32. The molecule has 9 nitrogen and oxygen atoms in total. The number of carbonyl (C=O) groups is 2. The minimum absolute atomic E-state index is 0.128. The molecule has 12 heteroatoms. The number of ether oxygens (including phenoxy) is 1. The lowest BCUT2D eigenvalue weighted by atomic mass is 10.3. The summed E-state index contributed by atoms with van der Waals surface area (Å²) in [5.41, 5.74) is 0.413. The van der Waals surface area contributed by atoms with Crippen molar-refractivity contribution in [1.82, 2.24) is 4.57 Å². The van der Waals surface area contributed by atoms with Crippen LogP contribution in [-0.4, -0.2) is 28.5 Å². The largest absolute Gasteiger partial charge is 0.468 e. The van der Waals surface area contributed by atoms with Crippen LogP contribution in [0.4, 0.5) is 5.88 Å². The number of rotatable bonds is 4. The van der Waals surface area contributed by atoms with Crippen molar-refractivity contribution in [1.29, 1.82) is 0 Å². The first-order valence-electron chi connectivity index (χ1n) is 7.19. The molecule has 0 saturated heterocycles. The van der Waals surface area contributed by atoms with Gasteiger partial charge in [0, 0.05) is 0 Å². The van der Waals surface area contributed by atoms with Gasteiger partial charge in [0.2, 0.25) is 5.76 Å². The second kappa shape index (κ2) is 7.51. The molecule has 140 valence electrons. The molecule has 0 bridgehead atoms. The average Bonchev–Trinajstić information content (AvgIpc) is 3.24. The number of esters is 1. The zero-order chi connectivity index (χ0) is 19.7. The maximum Gasteiger partial charge on any atom is 0.433 e. The first-order chi connectivity index (χ1) is 12.8. The Hall–Kier alpha value is -2.69. The number of furan rings is 1. The first-order valence-corrected chi connectivity index (χ1v) is 8.76. The van der Waals surface area contributed by atoms with Crippen LogP contribution in [-0.2, 0) is 16.1 Å². The SMILES string of the molecule is COC(=O)Cn1c(=NC(=O)c2ccc([N+](=O)[O-])o2)sc2ccc(Cl)c(Cl)c21. The Morgan fingerprint density at radius 3 is 2.70 bits per heavy atom. The number of hydrogen-bond donors (Lipinski definition) is 0. The fraction of sp³-hybridized carbons (Fsp3) is 0.133. The maximum atomic E-state index is 12.3. The number of thiazole rings is 1. The summed E-state index contributed by atoms with van der Waals surface area (Å²) >= 11 is 13.4. The minimum Gasteiger partial charge on any atom is -0.468 e. The predicted octanol–water partition coefficient (Wildman–Crippen LogP) is 3.42. The van der Waals surface area contributed by atoms with Crippen molar-refractivity contribution in [3.8, 4) is 0 Å². The van der Waals surface area contributed by atoms with Gasteiger partial charge in [0.05, 0.1) is 33.4 Å². The van der Waals surface area contributed by atoms with E-state index >= 15 is 0 Å². The van der Waals surface area contributed by atoms with E-state index in [2.05, 4.69) is 9.73 Å². The molecule has 0 spiro atoms. The van der Waals surface area contributed by atoms with Crippen LogP contribution in [0, 0.1) is 10.1 Å². The highest BCUT2D eigenvalue weighted by molar-refractivity contribution is 7.16. The van der Waals surface area contributed by atoms with Gasteiger partial charge in [-0.25, -0.2) is 0 Å². The van der Waals surface area contributed by atoms with E-state index in [1.165, 1.54) is 11.7 Å². The van der Waals surface area contributed by atoms with Gasteiger partial charge in [0.1, 0.15) is 11.5 Å². The van der Waals surface area contributed by atoms with Gasteiger partial charge in [-0.2, -0.15) is 4.99 Å². The second-order valence-corrected chi connectivity index (χ2v) is 6.86. The molecular formula is C15H9Cl2N3O6S. The standard InChI is InChI=1S/C15H9Cl2N3O6S/c1-25-11(21)6-19-13-9(4-2-7(16)12(13)17)27-15(19)18-14(22)8-3-5-10(26-8)20(23)24/h2-5H,6H2,1H3. The molecule has 3 aromatic rings. The lowest BCUT2D eigenvalue weighted by Gasteiger charge is -2.05. The van der Waals surface area contributed by atoms with Crippen LogP contribution in [0.25, 0.3) is 10.2 Å². The lowest BCUT2D eigenvalue weighted by molar-refractivity contribution is -0.402. The zero-order valence-corrected chi connectivity index (χ0v) is 15.8. The van der Waals surface area contributed by atoms with Crippen molar-refractivity contribution >= 4 is 62.5 Å². The molecule has 0 unspecified atom stereocenters. The molecule has 1 amide bonds. The Labute approximate surface area is 164 Å². The maximum absolute atomic E-state index is 12.3. The summed E-state index contributed by atoms with van der Waals surface area (Å²) in [6.07, 6.45) is 0. The molecule has 27 heavy (non-hydrogen) atoms. The van der Waals surface area contributed by atoms with Crippen molar-refractivity contribution in [3.05, 3.63) is 55.0 Å². The Balaban J connectivity index is 2.16. The van der Waals surface area contributed by atoms with Gasteiger partial charge in [0.15, 0.2) is 4.80 Å². The molecule has 1 aromatic carbocycles. The summed E-state index contributed by atoms with van der Waals surface area (Å²) in [4.78, 5) is 38.0. The summed E-state index contributed by atoms with van der Waals surface area (Å²) in [5, 5.41) is 11.1. The third-order valence-corrected chi connectivity index (χ3v) is 5.27. The molecule has 2 aromatic heterocycles. The summed E-state index contributed by atoms with van der Waals surface area (Å²) in [5.74, 6) is -2.33. The number of halogens is 2. The molecule has 0 radical (unpaired) electrons. The topological polar surface area (TPSA) is 117 Å². The number of aromatic nitrogens is 1. The van der Waals surface area contributed by atoms with Crippen molar-refractivity contribution < 1.29 is 23.7 Å². The van der Waals surface area contributed by atoms with E-state index in [0.29, 0.717) is 10.2 Å². The van der Waals surface area contributed by atoms with Gasteiger partial charge >= 0.3 is 17.8 Å². The van der Waals surface area contributed by atoms with Gasteiger partial charge in [-0.1, -0.05) is 34.5 Å². The van der Waals surface area contributed by atoms with E-state index < -0.39 is 22.7 Å². The fourth-order valence-corrected chi connectivity index (χ4v) is 3.72. The number of hydrogen-bond acceptors (Lipinski definition) is 7. The summed E-state index contributed by atoms with van der Waals surface area (Å²) in [6.45, 7) is -0.263. The molecule has 0 aliphatic carbocycles. The van der Waals surface area contributed by atoms with Crippen molar-refractivity contribution in [2.75, 3.05) is 7.11 Å². The number of nitrogens with zero attached hydrogens (tertiary/aromatic N) is 3. The molecule has 3 rings (SSSR count). The normalized spacial score (nSPS) is 11.7. The van der Waals surface area contributed by atoms with Gasteiger partial charge in [0.25, 0.3) is 0 Å². The molecule has 0 aliphatic heterocycles. The van der Waals surface area contributed by atoms with Crippen molar-refractivity contribution in [2.45, 2.75) is 6.54 Å². The van der Waals surface area contributed by atoms with E-state index in [0.717, 1.165) is 23.5 Å². The summed E-state index contributed by atoms with van der Waals surface area (Å²) in [6, 6.07) is 5.44. The van der Waals surface area contributed by atoms with E-state index in [1.807, 2.05) is 0 Å². The van der Waals surface area contributed by atoms with Crippen LogP contribution in [0.3, 0.4) is 0 Å². The smallest absolute Gasteiger partial charge is 0.433 e. The molecule has 2 heterocycles. The molecular weight excluding hydrogens is 421 g/mol. The molecule has 0 N–H and O–H groups in total. The van der Waals surface area contributed by atoms with Crippen LogP contribution in [0.2, 0.25) is 10.0 Å². The lowest BCUT2D eigenvalue weighted by Crippen LogP contribution is -2.22. The average molecular weight is 430 g/mol. The Morgan fingerprint density at radius 1 is 1.33 bits per heavy atom. The van der Waals surface area contributed by atoms with Crippen LogP contribution in [0.15, 0.2) is 33.7 Å². The number of methoxy groups -OCH3 is 1. The van der Waals surface area contributed by atoms with E-state index in [-0.39, 0.29) is 27.2 Å². The monoisotopic (exact) mass is 429 g/mol. The van der Waals surface area contributed by atoms with Crippen LogP contribution < -0.4 is 4.80 Å². The third kappa shape index (κ3) is 3.72.